The van der Waals surface area contributed by atoms with E-state index in [1.54, 1.807) is 36.5 Å². The molecule has 5 nitrogen and oxygen atoms in total. The summed E-state index contributed by atoms with van der Waals surface area (Å²) in [5.41, 5.74) is 3.02. The van der Waals surface area contributed by atoms with Crippen molar-refractivity contribution in [2.45, 2.75) is 0 Å². The van der Waals surface area contributed by atoms with Crippen LogP contribution in [0.5, 0.6) is 0 Å². The van der Waals surface area contributed by atoms with Gasteiger partial charge in [-0.1, -0.05) is 23.7 Å². The molecule has 0 saturated heterocycles. The number of amides is 1. The number of hydrogen-bond acceptors (Lipinski definition) is 4. The van der Waals surface area contributed by atoms with Crippen LogP contribution < -0.4 is 5.32 Å². The summed E-state index contributed by atoms with van der Waals surface area (Å²) in [4.78, 5) is 20.8. The predicted molar refractivity (Wildman–Crippen MR) is 104 cm³/mol. The van der Waals surface area contributed by atoms with Crippen LogP contribution in [0.25, 0.3) is 22.6 Å². The predicted octanol–water partition coefficient (Wildman–Crippen LogP) is 5.56. The summed E-state index contributed by atoms with van der Waals surface area (Å²) in [6.07, 6.45) is 3.12. The normalized spacial score (nSPS) is 10.8. The molecule has 0 saturated carbocycles. The molecular formula is C19H11BrClN3O2. The number of nitrogens with zero attached hydrogens (tertiary/aromatic N) is 2. The maximum atomic E-state index is 12.3. The van der Waals surface area contributed by atoms with Gasteiger partial charge in [0.2, 0.25) is 5.89 Å². The number of carbonyl (C=O) groups is 1. The van der Waals surface area contributed by atoms with E-state index in [4.69, 9.17) is 16.0 Å². The van der Waals surface area contributed by atoms with Crippen LogP contribution in [-0.4, -0.2) is 15.9 Å². The van der Waals surface area contributed by atoms with Crippen molar-refractivity contribution in [3.8, 4) is 11.5 Å². The molecule has 0 bridgehead atoms. The van der Waals surface area contributed by atoms with Crippen molar-refractivity contribution >= 4 is 50.2 Å². The highest BCUT2D eigenvalue weighted by molar-refractivity contribution is 9.10. The number of fused-ring (bicyclic) bond motifs is 1. The SMILES string of the molecule is O=C(Nc1ccc2nc(-c3ccccc3Cl)oc2c1)c1cncc(Br)c1. The van der Waals surface area contributed by atoms with Crippen molar-refractivity contribution in [3.63, 3.8) is 0 Å². The molecule has 26 heavy (non-hydrogen) atoms. The second-order valence-electron chi connectivity index (χ2n) is 5.53. The van der Waals surface area contributed by atoms with E-state index in [1.165, 1.54) is 6.20 Å². The first-order valence-corrected chi connectivity index (χ1v) is 8.84. The lowest BCUT2D eigenvalue weighted by Gasteiger charge is -2.04. The van der Waals surface area contributed by atoms with Crippen molar-refractivity contribution in [2.24, 2.45) is 0 Å². The van der Waals surface area contributed by atoms with E-state index >= 15 is 0 Å². The third-order valence-corrected chi connectivity index (χ3v) is 4.48. The van der Waals surface area contributed by atoms with Crippen LogP contribution in [0.1, 0.15) is 10.4 Å². The molecule has 2 heterocycles. The van der Waals surface area contributed by atoms with Gasteiger partial charge in [-0.3, -0.25) is 9.78 Å². The summed E-state index contributed by atoms with van der Waals surface area (Å²) in [5, 5.41) is 3.39. The highest BCUT2D eigenvalue weighted by Gasteiger charge is 2.13. The van der Waals surface area contributed by atoms with Crippen LogP contribution in [0, 0.1) is 0 Å². The summed E-state index contributed by atoms with van der Waals surface area (Å²) in [6, 6.07) is 14.3. The average Bonchev–Trinajstić information content (AvgIpc) is 3.05. The molecule has 0 unspecified atom stereocenters. The smallest absolute Gasteiger partial charge is 0.257 e. The van der Waals surface area contributed by atoms with E-state index in [2.05, 4.69) is 31.2 Å². The average molecular weight is 429 g/mol. The van der Waals surface area contributed by atoms with Gasteiger partial charge in [-0.05, 0) is 46.3 Å². The molecule has 0 aliphatic carbocycles. The lowest BCUT2D eigenvalue weighted by molar-refractivity contribution is 0.102. The minimum absolute atomic E-state index is 0.260. The minimum atomic E-state index is -0.260. The minimum Gasteiger partial charge on any atom is -0.436 e. The molecule has 1 N–H and O–H groups in total. The number of pyridine rings is 1. The first kappa shape index (κ1) is 16.8. The highest BCUT2D eigenvalue weighted by Crippen LogP contribution is 2.30. The Morgan fingerprint density at radius 2 is 1.96 bits per heavy atom. The summed E-state index contributed by atoms with van der Waals surface area (Å²) in [6.45, 7) is 0. The lowest BCUT2D eigenvalue weighted by Crippen LogP contribution is -2.12. The van der Waals surface area contributed by atoms with Crippen LogP contribution in [0.4, 0.5) is 5.69 Å². The van der Waals surface area contributed by atoms with Crippen LogP contribution in [0.2, 0.25) is 5.02 Å². The Morgan fingerprint density at radius 3 is 2.77 bits per heavy atom. The van der Waals surface area contributed by atoms with E-state index in [-0.39, 0.29) is 5.91 Å². The molecule has 128 valence electrons. The molecular weight excluding hydrogens is 418 g/mol. The second-order valence-corrected chi connectivity index (χ2v) is 6.85. The summed E-state index contributed by atoms with van der Waals surface area (Å²) >= 11 is 9.50. The molecule has 0 fully saturated rings. The maximum Gasteiger partial charge on any atom is 0.257 e. The van der Waals surface area contributed by atoms with Crippen LogP contribution in [0.15, 0.2) is 69.8 Å². The number of aromatic nitrogens is 2. The molecule has 7 heteroatoms. The maximum absolute atomic E-state index is 12.3. The third kappa shape index (κ3) is 3.34. The molecule has 4 aromatic rings. The largest absolute Gasteiger partial charge is 0.436 e. The Labute approximate surface area is 162 Å². The fraction of sp³-hybridized carbons (Fsp3) is 0. The molecule has 1 amide bonds. The number of anilines is 1. The number of nitrogens with one attached hydrogen (secondary N) is 1. The Kier molecular flexibility index (Phi) is 4.44. The van der Waals surface area contributed by atoms with Gasteiger partial charge in [0.1, 0.15) is 5.52 Å². The second kappa shape index (κ2) is 6.90. The van der Waals surface area contributed by atoms with Crippen molar-refractivity contribution < 1.29 is 9.21 Å². The molecule has 2 aromatic carbocycles. The molecule has 0 aliphatic rings. The lowest BCUT2D eigenvalue weighted by atomic mass is 10.2. The Balaban J connectivity index is 1.64. The quantitative estimate of drug-likeness (QED) is 0.464. The standard InChI is InChI=1S/C19H11BrClN3O2/c20-12-7-11(9-22-10-12)18(25)23-13-5-6-16-17(8-13)26-19(24-16)14-3-1-2-4-15(14)21/h1-10H,(H,23,25). The van der Waals surface area contributed by atoms with Gasteiger partial charge in [-0.25, -0.2) is 4.98 Å². The fourth-order valence-electron chi connectivity index (χ4n) is 2.49. The molecule has 0 radical (unpaired) electrons. The van der Waals surface area contributed by atoms with Gasteiger partial charge >= 0.3 is 0 Å². The number of carbonyl (C=O) groups excluding carboxylic acids is 1. The summed E-state index contributed by atoms with van der Waals surface area (Å²) < 4.78 is 6.55. The molecule has 0 aliphatic heterocycles. The number of rotatable bonds is 3. The number of oxazole rings is 1. The monoisotopic (exact) mass is 427 g/mol. The number of hydrogen-bond donors (Lipinski definition) is 1. The van der Waals surface area contributed by atoms with Gasteiger partial charge in [0.15, 0.2) is 5.58 Å². The van der Waals surface area contributed by atoms with Gasteiger partial charge in [-0.2, -0.15) is 0 Å². The van der Waals surface area contributed by atoms with Crippen molar-refractivity contribution in [2.75, 3.05) is 5.32 Å². The van der Waals surface area contributed by atoms with E-state index in [1.807, 2.05) is 18.2 Å². The van der Waals surface area contributed by atoms with Crippen molar-refractivity contribution in [1.29, 1.82) is 0 Å². The molecule has 4 rings (SSSR count). The molecule has 2 aromatic heterocycles. The zero-order valence-electron chi connectivity index (χ0n) is 13.2. The zero-order chi connectivity index (χ0) is 18.1. The van der Waals surface area contributed by atoms with Gasteiger partial charge in [0, 0.05) is 28.6 Å². The van der Waals surface area contributed by atoms with Gasteiger partial charge in [-0.15, -0.1) is 0 Å². The topological polar surface area (TPSA) is 68.0 Å². The summed E-state index contributed by atoms with van der Waals surface area (Å²) in [7, 11) is 0. The third-order valence-electron chi connectivity index (χ3n) is 3.72. The molecule has 0 atom stereocenters. The highest BCUT2D eigenvalue weighted by atomic mass is 79.9. The first-order chi connectivity index (χ1) is 12.6. The van der Waals surface area contributed by atoms with Crippen LogP contribution in [0.3, 0.4) is 0 Å². The van der Waals surface area contributed by atoms with Crippen LogP contribution >= 0.6 is 27.5 Å². The van der Waals surface area contributed by atoms with Gasteiger partial charge in [0.05, 0.1) is 16.1 Å². The van der Waals surface area contributed by atoms with Crippen molar-refractivity contribution in [1.82, 2.24) is 9.97 Å². The summed E-state index contributed by atoms with van der Waals surface area (Å²) in [5.74, 6) is 0.175. The Morgan fingerprint density at radius 1 is 1.12 bits per heavy atom. The van der Waals surface area contributed by atoms with E-state index < -0.39 is 0 Å². The number of halogens is 2. The van der Waals surface area contributed by atoms with E-state index in [9.17, 15) is 4.79 Å². The molecule has 0 spiro atoms. The Bertz CT molecular complexity index is 1130. The first-order valence-electron chi connectivity index (χ1n) is 7.67. The van der Waals surface area contributed by atoms with Gasteiger partial charge < -0.3 is 9.73 Å². The fourth-order valence-corrected chi connectivity index (χ4v) is 3.07. The zero-order valence-corrected chi connectivity index (χ0v) is 15.6. The van der Waals surface area contributed by atoms with E-state index in [0.29, 0.717) is 33.3 Å². The van der Waals surface area contributed by atoms with E-state index in [0.717, 1.165) is 10.0 Å². The van der Waals surface area contributed by atoms with Crippen molar-refractivity contribution in [3.05, 3.63) is 76.0 Å². The number of benzene rings is 2. The van der Waals surface area contributed by atoms with Gasteiger partial charge in [0.25, 0.3) is 5.91 Å². The Hall–Kier alpha value is -2.70. The van der Waals surface area contributed by atoms with Crippen LogP contribution in [-0.2, 0) is 0 Å².